The Morgan fingerprint density at radius 2 is 2.06 bits per heavy atom. The number of rotatable bonds is 0. The fourth-order valence-corrected chi connectivity index (χ4v) is 1.81. The van der Waals surface area contributed by atoms with Crippen molar-refractivity contribution in [2.24, 2.45) is 0 Å². The third-order valence-corrected chi connectivity index (χ3v) is 2.55. The molecule has 2 N–H and O–H groups in total. The summed E-state index contributed by atoms with van der Waals surface area (Å²) in [5.74, 6) is -0.334. The molecule has 0 fully saturated rings. The molecule has 0 aliphatic carbocycles. The molecule has 1 aromatic rings. The second-order valence-electron chi connectivity index (χ2n) is 5.29. The number of benzene rings is 1. The predicted octanol–water partition coefficient (Wildman–Crippen LogP) is 2.16. The van der Waals surface area contributed by atoms with Crippen molar-refractivity contribution in [1.82, 2.24) is 4.90 Å². The van der Waals surface area contributed by atoms with Crippen LogP contribution in [-0.4, -0.2) is 22.5 Å². The normalized spacial score (nSPS) is 14.6. The number of carbonyl (C=O) groups is 2. The summed E-state index contributed by atoms with van der Waals surface area (Å²) in [5.41, 5.74) is 6.87. The number of anilines is 1. The van der Waals surface area contributed by atoms with E-state index < -0.39 is 11.7 Å². The zero-order valence-corrected chi connectivity index (χ0v) is 10.7. The van der Waals surface area contributed by atoms with Gasteiger partial charge in [-0.3, -0.25) is 4.79 Å². The molecule has 5 heteroatoms. The lowest BCUT2D eigenvalue weighted by atomic mass is 10.1. The van der Waals surface area contributed by atoms with Gasteiger partial charge in [0.05, 0.1) is 6.54 Å². The molecule has 0 saturated heterocycles. The molecule has 18 heavy (non-hydrogen) atoms. The zero-order valence-electron chi connectivity index (χ0n) is 10.7. The van der Waals surface area contributed by atoms with Gasteiger partial charge in [-0.1, -0.05) is 0 Å². The van der Waals surface area contributed by atoms with Crippen molar-refractivity contribution in [3.63, 3.8) is 0 Å². The number of amides is 2. The average molecular weight is 248 g/mol. The molecule has 0 aromatic heterocycles. The molecule has 0 unspecified atom stereocenters. The minimum absolute atomic E-state index is 0.216. The van der Waals surface area contributed by atoms with E-state index in [-0.39, 0.29) is 12.5 Å². The first kappa shape index (κ1) is 12.4. The molecule has 5 nitrogen and oxygen atoms in total. The lowest BCUT2D eigenvalue weighted by Crippen LogP contribution is -2.36. The van der Waals surface area contributed by atoms with Crippen LogP contribution in [0.3, 0.4) is 0 Å². The van der Waals surface area contributed by atoms with Crippen molar-refractivity contribution < 1.29 is 14.3 Å². The predicted molar refractivity (Wildman–Crippen MR) is 67.0 cm³/mol. The Kier molecular flexibility index (Phi) is 2.77. The van der Waals surface area contributed by atoms with Crippen LogP contribution < -0.4 is 5.73 Å². The molecule has 0 bridgehead atoms. The summed E-state index contributed by atoms with van der Waals surface area (Å²) in [6, 6.07) is 4.99. The van der Waals surface area contributed by atoms with Gasteiger partial charge >= 0.3 is 6.09 Å². The molecule has 1 aromatic carbocycles. The fourth-order valence-electron chi connectivity index (χ4n) is 1.81. The topological polar surface area (TPSA) is 72.6 Å². The van der Waals surface area contributed by atoms with E-state index in [4.69, 9.17) is 10.5 Å². The summed E-state index contributed by atoms with van der Waals surface area (Å²) in [4.78, 5) is 25.0. The smallest absolute Gasteiger partial charge is 0.417 e. The minimum Gasteiger partial charge on any atom is -0.443 e. The molecule has 1 heterocycles. The number of nitrogen functional groups attached to an aromatic ring is 1. The van der Waals surface area contributed by atoms with Gasteiger partial charge in [0.25, 0.3) is 5.91 Å². The van der Waals surface area contributed by atoms with Gasteiger partial charge in [-0.15, -0.1) is 0 Å². The summed E-state index contributed by atoms with van der Waals surface area (Å²) in [6.07, 6.45) is -0.623. The van der Waals surface area contributed by atoms with Crippen molar-refractivity contribution >= 4 is 17.7 Å². The van der Waals surface area contributed by atoms with E-state index in [0.717, 1.165) is 10.5 Å². The number of fused-ring (bicyclic) bond motifs is 1. The monoisotopic (exact) mass is 248 g/mol. The molecule has 0 saturated carbocycles. The molecule has 2 rings (SSSR count). The molecule has 0 radical (unpaired) electrons. The van der Waals surface area contributed by atoms with Crippen LogP contribution in [0.1, 0.15) is 36.7 Å². The first-order valence-electron chi connectivity index (χ1n) is 5.71. The second kappa shape index (κ2) is 4.01. The van der Waals surface area contributed by atoms with E-state index in [2.05, 4.69) is 0 Å². The van der Waals surface area contributed by atoms with E-state index in [0.29, 0.717) is 11.3 Å². The van der Waals surface area contributed by atoms with Crippen molar-refractivity contribution in [3.05, 3.63) is 29.3 Å². The van der Waals surface area contributed by atoms with E-state index >= 15 is 0 Å². The van der Waals surface area contributed by atoms with Gasteiger partial charge in [0, 0.05) is 11.3 Å². The zero-order chi connectivity index (χ0) is 13.5. The molecule has 0 atom stereocenters. The highest BCUT2D eigenvalue weighted by molar-refractivity contribution is 6.06. The van der Waals surface area contributed by atoms with Gasteiger partial charge in [-0.05, 0) is 44.5 Å². The minimum atomic E-state index is -0.623. The summed E-state index contributed by atoms with van der Waals surface area (Å²) >= 11 is 0. The third kappa shape index (κ3) is 2.30. The summed E-state index contributed by atoms with van der Waals surface area (Å²) < 4.78 is 5.19. The SMILES string of the molecule is CC(C)(C)OC(=O)N1Cc2cc(N)ccc2C1=O. The van der Waals surface area contributed by atoms with Crippen molar-refractivity contribution in [3.8, 4) is 0 Å². The molecular formula is C13H16N2O3. The third-order valence-electron chi connectivity index (χ3n) is 2.55. The van der Waals surface area contributed by atoms with Crippen molar-refractivity contribution in [2.45, 2.75) is 32.9 Å². The number of carbonyl (C=O) groups excluding carboxylic acids is 2. The molecule has 0 spiro atoms. The van der Waals surface area contributed by atoms with Crippen LogP contribution in [0.5, 0.6) is 0 Å². The van der Waals surface area contributed by atoms with Crippen molar-refractivity contribution in [2.75, 3.05) is 5.73 Å². The molecule has 96 valence electrons. The average Bonchev–Trinajstić information content (AvgIpc) is 2.53. The molecular weight excluding hydrogens is 232 g/mol. The maximum absolute atomic E-state index is 12.0. The van der Waals surface area contributed by atoms with Gasteiger partial charge in [0.15, 0.2) is 0 Å². The number of hydrogen-bond donors (Lipinski definition) is 1. The highest BCUT2D eigenvalue weighted by Crippen LogP contribution is 2.26. The second-order valence-corrected chi connectivity index (χ2v) is 5.29. The van der Waals surface area contributed by atoms with Gasteiger partial charge in [-0.2, -0.15) is 0 Å². The van der Waals surface area contributed by atoms with E-state index in [1.54, 1.807) is 39.0 Å². The maximum Gasteiger partial charge on any atom is 0.417 e. The Labute approximate surface area is 106 Å². The first-order valence-corrected chi connectivity index (χ1v) is 5.71. The van der Waals surface area contributed by atoms with Gasteiger partial charge in [0.2, 0.25) is 0 Å². The standard InChI is InChI=1S/C13H16N2O3/c1-13(2,3)18-12(17)15-7-8-6-9(14)4-5-10(8)11(15)16/h4-6H,7,14H2,1-3H3. The summed E-state index contributed by atoms with van der Waals surface area (Å²) in [6.45, 7) is 5.50. The van der Waals surface area contributed by atoms with Crippen LogP contribution in [0.2, 0.25) is 0 Å². The van der Waals surface area contributed by atoms with E-state index in [1.807, 2.05) is 0 Å². The fraction of sp³-hybridized carbons (Fsp3) is 0.385. The van der Waals surface area contributed by atoms with Crippen LogP contribution in [0.15, 0.2) is 18.2 Å². The highest BCUT2D eigenvalue weighted by Gasteiger charge is 2.34. The quantitative estimate of drug-likeness (QED) is 0.714. The lowest BCUT2D eigenvalue weighted by Gasteiger charge is -2.23. The van der Waals surface area contributed by atoms with Crippen LogP contribution >= 0.6 is 0 Å². The van der Waals surface area contributed by atoms with Gasteiger partial charge in [-0.25, -0.2) is 9.69 Å². The Balaban J connectivity index is 2.21. The number of imide groups is 1. The van der Waals surface area contributed by atoms with Crippen LogP contribution in [0, 0.1) is 0 Å². The van der Waals surface area contributed by atoms with Crippen molar-refractivity contribution in [1.29, 1.82) is 0 Å². The van der Waals surface area contributed by atoms with Crippen LogP contribution in [0.4, 0.5) is 10.5 Å². The largest absolute Gasteiger partial charge is 0.443 e. The molecule has 1 aliphatic rings. The molecule has 1 aliphatic heterocycles. The van der Waals surface area contributed by atoms with E-state index in [9.17, 15) is 9.59 Å². The van der Waals surface area contributed by atoms with Crippen LogP contribution in [0.25, 0.3) is 0 Å². The number of nitrogens with two attached hydrogens (primary N) is 1. The summed E-state index contributed by atoms with van der Waals surface area (Å²) in [5, 5.41) is 0. The number of nitrogens with zero attached hydrogens (tertiary/aromatic N) is 1. The number of ether oxygens (including phenoxy) is 1. The van der Waals surface area contributed by atoms with Gasteiger partial charge < -0.3 is 10.5 Å². The Morgan fingerprint density at radius 3 is 2.67 bits per heavy atom. The van der Waals surface area contributed by atoms with E-state index in [1.165, 1.54) is 0 Å². The number of hydrogen-bond acceptors (Lipinski definition) is 4. The Bertz CT molecular complexity index is 517. The first-order chi connectivity index (χ1) is 8.28. The lowest BCUT2D eigenvalue weighted by molar-refractivity contribution is 0.0248. The van der Waals surface area contributed by atoms with Crippen LogP contribution in [-0.2, 0) is 11.3 Å². The van der Waals surface area contributed by atoms with Gasteiger partial charge in [0.1, 0.15) is 5.60 Å². The Morgan fingerprint density at radius 1 is 1.39 bits per heavy atom. The Hall–Kier alpha value is -2.04. The highest BCUT2D eigenvalue weighted by atomic mass is 16.6. The maximum atomic E-state index is 12.0. The molecule has 2 amide bonds. The summed E-state index contributed by atoms with van der Waals surface area (Å²) in [7, 11) is 0.